The average molecular weight is 1250 g/mol. The van der Waals surface area contributed by atoms with E-state index in [1.807, 2.05) is 41.5 Å². The predicted molar refractivity (Wildman–Crippen MR) is 263 cm³/mol. The molecule has 0 amide bonds. The summed E-state index contributed by atoms with van der Waals surface area (Å²) in [6.45, 7) is 24.3. The molecule has 0 atom stereocenters. The van der Waals surface area contributed by atoms with Gasteiger partial charge >= 0.3 is 100 Å². The standard InChI is InChI=1S/2C11H26N4S.2C6H5NO3.2C2H3N.2F6P.2Mn/c2*1-10(11(2,3)16)14-6-9-15(7-4-12)8-5-13;2*8-6-3-1-5(2-4-6)7(9)10;2*1-2-3;2*1-7(2,3,4,5)6;;/h2*16H,4-9,12-13H2,1-3H3;2*1-4,8H;2*1H3;;;;/q;;;;;;2*-1;2*+3/p-4. The van der Waals surface area contributed by atoms with Gasteiger partial charge in [-0.25, -0.2) is 0 Å². The van der Waals surface area contributed by atoms with E-state index in [4.69, 9.17) is 58.7 Å². The first-order valence-electron chi connectivity index (χ1n) is 20.2. The third-order valence-electron chi connectivity index (χ3n) is 7.15. The first kappa shape index (κ1) is 87.3. The largest absolute Gasteiger partial charge is 3.00 e. The van der Waals surface area contributed by atoms with Crippen molar-refractivity contribution in [3.8, 4) is 23.6 Å². The smallest absolute Gasteiger partial charge is 0.872 e. The second-order valence-corrected chi connectivity index (χ2v) is 20.5. The van der Waals surface area contributed by atoms with Crippen LogP contribution in [0.2, 0.25) is 0 Å². The molecule has 0 aliphatic heterocycles. The Morgan fingerprint density at radius 1 is 0.554 bits per heavy atom. The summed E-state index contributed by atoms with van der Waals surface area (Å²) in [5.41, 5.74) is 24.0. The zero-order chi connectivity index (χ0) is 58.6. The van der Waals surface area contributed by atoms with Crippen molar-refractivity contribution in [1.29, 1.82) is 10.5 Å². The molecular formula is C38H64F12Mn2N12O6P2S2. The summed E-state index contributed by atoms with van der Waals surface area (Å²) in [5, 5.41) is 55.5. The van der Waals surface area contributed by atoms with Crippen LogP contribution in [0.3, 0.4) is 0 Å². The third kappa shape index (κ3) is 85.4. The predicted octanol–water partition coefficient (Wildman–Crippen LogP) is 9.14. The molecule has 2 aromatic carbocycles. The van der Waals surface area contributed by atoms with Crippen molar-refractivity contribution in [2.75, 3.05) is 78.5 Å². The van der Waals surface area contributed by atoms with E-state index in [9.17, 15) is 80.8 Å². The molecule has 0 fully saturated rings. The van der Waals surface area contributed by atoms with E-state index < -0.39 is 25.5 Å². The molecule has 2 rings (SSSR count). The van der Waals surface area contributed by atoms with E-state index in [1.165, 1.54) is 38.1 Å². The van der Waals surface area contributed by atoms with Gasteiger partial charge in [0.2, 0.25) is 0 Å². The number of nitriles is 2. The summed E-state index contributed by atoms with van der Waals surface area (Å²) < 4.78 is 118. The minimum atomic E-state index is -10.7. The van der Waals surface area contributed by atoms with Crippen LogP contribution in [0.5, 0.6) is 11.5 Å². The number of nitro groups is 2. The zero-order valence-electron chi connectivity index (χ0n) is 41.4. The van der Waals surface area contributed by atoms with Crippen molar-refractivity contribution < 1.29 is 105 Å². The molecular weight excluding hydrogens is 1180 g/mol. The van der Waals surface area contributed by atoms with Crippen LogP contribution in [0.25, 0.3) is 0 Å². The van der Waals surface area contributed by atoms with Crippen molar-refractivity contribution in [1.82, 2.24) is 9.80 Å². The fourth-order valence-corrected chi connectivity index (χ4v) is 3.76. The third-order valence-corrected chi connectivity index (χ3v) is 7.74. The van der Waals surface area contributed by atoms with Crippen LogP contribution in [0.4, 0.5) is 61.7 Å². The summed E-state index contributed by atoms with van der Waals surface area (Å²) in [6.07, 6.45) is 0. The number of non-ortho nitro benzene ring substituents is 2. The Bertz CT molecular complexity index is 1810. The van der Waals surface area contributed by atoms with Crippen molar-refractivity contribution in [3.05, 3.63) is 68.8 Å². The summed E-state index contributed by atoms with van der Waals surface area (Å²) in [7, 11) is -21.3. The van der Waals surface area contributed by atoms with Crippen LogP contribution in [0.1, 0.15) is 55.4 Å². The fraction of sp³-hybridized carbons (Fsp3) is 0.579. The van der Waals surface area contributed by atoms with Crippen LogP contribution in [-0.2, 0) is 59.4 Å². The molecule has 0 aliphatic rings. The molecule has 0 saturated heterocycles. The Kier molecular flexibility index (Phi) is 45.2. The van der Waals surface area contributed by atoms with Gasteiger partial charge in [-0.3, -0.25) is 40.0 Å². The average Bonchev–Trinajstić information content (AvgIpc) is 3.17. The summed E-state index contributed by atoms with van der Waals surface area (Å²) >= 11 is 10.6. The number of nitro benzene ring substituents is 2. The van der Waals surface area contributed by atoms with E-state index in [-0.39, 0.29) is 66.5 Å². The molecule has 0 saturated carbocycles. The Hall–Kier alpha value is -3.32. The normalized spacial score (nSPS) is 12.9. The quantitative estimate of drug-likeness (QED) is 0.0206. The molecule has 0 spiro atoms. The number of rotatable bonds is 18. The first-order valence-corrected chi connectivity index (χ1v) is 25.1. The SMILES string of the molecule is CC#N.CC#N.CC(=NCCN(CCN)CCN)C(C)(C)[S-].CC(=NCCN(CCN)CCN)C(C)(C)[S-].F[P-](F)(F)(F)(F)F.F[P-](F)(F)(F)(F)F.O=[N+]([O-])c1ccc([O-])cc1.O=[N+]([O-])c1ccc([O-])cc1.[Mn+3].[Mn+3]. The van der Waals surface area contributed by atoms with E-state index in [1.54, 1.807) is 12.1 Å². The fourth-order valence-electron chi connectivity index (χ4n) is 3.64. The van der Waals surface area contributed by atoms with E-state index in [0.29, 0.717) is 26.2 Å². The molecule has 0 unspecified atom stereocenters. The van der Waals surface area contributed by atoms with Crippen molar-refractivity contribution in [2.45, 2.75) is 64.9 Å². The summed E-state index contributed by atoms with van der Waals surface area (Å²) in [4.78, 5) is 32.4. The van der Waals surface area contributed by atoms with Crippen molar-refractivity contribution >= 4 is 63.7 Å². The molecule has 0 radical (unpaired) electrons. The van der Waals surface area contributed by atoms with Gasteiger partial charge in [0.15, 0.2) is 0 Å². The number of benzene rings is 2. The molecule has 0 aromatic heterocycles. The number of nitrogens with two attached hydrogens (primary N) is 4. The molecule has 8 N–H and O–H groups in total. The second kappa shape index (κ2) is 38.3. The molecule has 432 valence electrons. The second-order valence-electron chi connectivity index (χ2n) is 14.7. The Morgan fingerprint density at radius 2 is 0.730 bits per heavy atom. The van der Waals surface area contributed by atoms with E-state index >= 15 is 0 Å². The molecule has 0 aliphatic carbocycles. The molecule has 2 aromatic rings. The zero-order valence-corrected chi connectivity index (χ0v) is 47.2. The number of halogens is 12. The maximum Gasteiger partial charge on any atom is 3.00 e. The van der Waals surface area contributed by atoms with Gasteiger partial charge in [0, 0.05) is 104 Å². The van der Waals surface area contributed by atoms with Crippen LogP contribution in [-0.4, -0.2) is 119 Å². The maximum absolute atomic E-state index is 10.7. The molecule has 36 heteroatoms. The van der Waals surface area contributed by atoms with E-state index in [2.05, 4.69) is 19.8 Å². The van der Waals surface area contributed by atoms with Crippen LogP contribution >= 0.6 is 15.6 Å². The number of aliphatic imine (C=N–C) groups is 2. The van der Waals surface area contributed by atoms with Gasteiger partial charge in [-0.1, -0.05) is 52.0 Å². The van der Waals surface area contributed by atoms with Gasteiger partial charge in [0.05, 0.1) is 35.1 Å². The van der Waals surface area contributed by atoms with Crippen molar-refractivity contribution in [2.24, 2.45) is 32.9 Å². The van der Waals surface area contributed by atoms with Crippen LogP contribution < -0.4 is 33.1 Å². The Balaban J connectivity index is -0.000000117. The molecule has 0 bridgehead atoms. The van der Waals surface area contributed by atoms with Crippen LogP contribution in [0.15, 0.2) is 58.5 Å². The van der Waals surface area contributed by atoms with Crippen molar-refractivity contribution in [3.63, 3.8) is 0 Å². The number of hydrogen-bond acceptors (Lipinski definition) is 18. The van der Waals surface area contributed by atoms with Gasteiger partial charge in [-0.05, 0) is 25.3 Å². The van der Waals surface area contributed by atoms with Gasteiger partial charge in [-0.2, -0.15) is 10.5 Å². The number of nitrogens with zero attached hydrogens (tertiary/aromatic N) is 8. The van der Waals surface area contributed by atoms with Gasteiger partial charge in [0.1, 0.15) is 0 Å². The monoisotopic (exact) mass is 1250 g/mol. The van der Waals surface area contributed by atoms with Gasteiger partial charge < -0.3 is 58.4 Å². The molecule has 74 heavy (non-hydrogen) atoms. The molecule has 18 nitrogen and oxygen atoms in total. The summed E-state index contributed by atoms with van der Waals surface area (Å²) in [5.74, 6) is -0.434. The van der Waals surface area contributed by atoms with Gasteiger partial charge in [-0.15, -0.1) is 21.0 Å². The Labute approximate surface area is 455 Å². The first-order chi connectivity index (χ1) is 32.0. The maximum atomic E-state index is 10.4. The number of hydrogen-bond donors (Lipinski definition) is 4. The molecule has 0 heterocycles. The minimum Gasteiger partial charge on any atom is -0.872 e. The minimum absolute atomic E-state index is 0. The summed E-state index contributed by atoms with van der Waals surface area (Å²) in [6, 6.07) is 12.9. The Morgan fingerprint density at radius 3 is 0.865 bits per heavy atom. The van der Waals surface area contributed by atoms with Gasteiger partial charge in [0.25, 0.3) is 11.4 Å². The topological polar surface area (TPSA) is 315 Å². The van der Waals surface area contributed by atoms with E-state index in [0.717, 1.165) is 88.0 Å². The van der Waals surface area contributed by atoms with Crippen LogP contribution in [0, 0.1) is 42.9 Å².